The highest BCUT2D eigenvalue weighted by atomic mass is 35.5. The zero-order valence-electron chi connectivity index (χ0n) is 8.83. The van der Waals surface area contributed by atoms with Gasteiger partial charge in [-0.3, -0.25) is 0 Å². The van der Waals surface area contributed by atoms with Crippen molar-refractivity contribution in [1.29, 1.82) is 0 Å². The number of rotatable bonds is 5. The Morgan fingerprint density at radius 1 is 1.60 bits per heavy atom. The maximum absolute atomic E-state index is 9.01. The Bertz CT molecular complexity index is 338. The summed E-state index contributed by atoms with van der Waals surface area (Å²) < 4.78 is 0. The molecule has 0 aliphatic rings. The van der Waals surface area contributed by atoms with E-state index in [9.17, 15) is 0 Å². The molecule has 1 aromatic rings. The summed E-state index contributed by atoms with van der Waals surface area (Å²) in [6.45, 7) is 6.33. The van der Waals surface area contributed by atoms with Crippen molar-refractivity contribution in [2.24, 2.45) is 0 Å². The van der Waals surface area contributed by atoms with Crippen LogP contribution in [0, 0.1) is 0 Å². The molecule has 0 aromatic heterocycles. The van der Waals surface area contributed by atoms with E-state index in [4.69, 9.17) is 16.7 Å². The Labute approximate surface area is 95.6 Å². The number of benzene rings is 1. The van der Waals surface area contributed by atoms with Crippen molar-refractivity contribution >= 4 is 11.6 Å². The minimum atomic E-state index is 0.0722. The molecule has 0 spiro atoms. The van der Waals surface area contributed by atoms with Crippen LogP contribution in [-0.4, -0.2) is 11.7 Å². The molecule has 3 heteroatoms. The van der Waals surface area contributed by atoms with Crippen molar-refractivity contribution < 1.29 is 5.11 Å². The lowest BCUT2D eigenvalue weighted by Gasteiger charge is -2.14. The third kappa shape index (κ3) is 4.04. The van der Waals surface area contributed by atoms with Gasteiger partial charge in [-0.05, 0) is 18.1 Å². The van der Waals surface area contributed by atoms with Gasteiger partial charge in [0, 0.05) is 17.6 Å². The van der Waals surface area contributed by atoms with Crippen LogP contribution in [0.3, 0.4) is 0 Å². The zero-order valence-corrected chi connectivity index (χ0v) is 9.59. The predicted octanol–water partition coefficient (Wildman–Crippen LogP) is 2.58. The van der Waals surface area contributed by atoms with Crippen LogP contribution in [0.25, 0.3) is 0 Å². The lowest BCUT2D eigenvalue weighted by molar-refractivity contribution is 0.281. The third-order valence-corrected chi connectivity index (χ3v) is 2.37. The highest BCUT2D eigenvalue weighted by molar-refractivity contribution is 6.29. The molecule has 1 rings (SSSR count). The minimum Gasteiger partial charge on any atom is -0.392 e. The SMILES string of the molecule is C=C(Cl)CNC(C)c1cccc(CO)c1. The van der Waals surface area contributed by atoms with Gasteiger partial charge in [-0.15, -0.1) is 0 Å². The van der Waals surface area contributed by atoms with Gasteiger partial charge in [0.05, 0.1) is 6.61 Å². The normalized spacial score (nSPS) is 12.5. The summed E-state index contributed by atoms with van der Waals surface area (Å²) >= 11 is 5.67. The van der Waals surface area contributed by atoms with Crippen LogP contribution in [0.5, 0.6) is 0 Å². The molecule has 82 valence electrons. The Balaban J connectivity index is 2.64. The minimum absolute atomic E-state index is 0.0722. The van der Waals surface area contributed by atoms with E-state index in [0.29, 0.717) is 11.6 Å². The molecule has 2 N–H and O–H groups in total. The third-order valence-electron chi connectivity index (χ3n) is 2.23. The van der Waals surface area contributed by atoms with Crippen molar-refractivity contribution in [2.75, 3.05) is 6.54 Å². The summed E-state index contributed by atoms with van der Waals surface area (Å²) in [6.07, 6.45) is 0. The van der Waals surface area contributed by atoms with Gasteiger partial charge in [-0.2, -0.15) is 0 Å². The maximum atomic E-state index is 9.01. The molecule has 0 bridgehead atoms. The predicted molar refractivity (Wildman–Crippen MR) is 63.8 cm³/mol. The van der Waals surface area contributed by atoms with Crippen molar-refractivity contribution in [3.05, 3.63) is 47.0 Å². The number of hydrogen-bond acceptors (Lipinski definition) is 2. The van der Waals surface area contributed by atoms with Crippen molar-refractivity contribution in [2.45, 2.75) is 19.6 Å². The highest BCUT2D eigenvalue weighted by Crippen LogP contribution is 2.14. The number of hydrogen-bond donors (Lipinski definition) is 2. The molecule has 1 atom stereocenters. The van der Waals surface area contributed by atoms with Crippen LogP contribution in [0.1, 0.15) is 24.1 Å². The molecule has 0 heterocycles. The second-order valence-electron chi connectivity index (χ2n) is 3.52. The molecule has 15 heavy (non-hydrogen) atoms. The number of aliphatic hydroxyl groups is 1. The van der Waals surface area contributed by atoms with E-state index < -0.39 is 0 Å². The van der Waals surface area contributed by atoms with Crippen LogP contribution in [0.2, 0.25) is 0 Å². The van der Waals surface area contributed by atoms with Crippen LogP contribution in [-0.2, 0) is 6.61 Å². The van der Waals surface area contributed by atoms with E-state index in [1.54, 1.807) is 0 Å². The van der Waals surface area contributed by atoms with Crippen molar-refractivity contribution in [3.8, 4) is 0 Å². The molecule has 0 aliphatic heterocycles. The molecule has 0 fully saturated rings. The van der Waals surface area contributed by atoms with E-state index in [1.165, 1.54) is 0 Å². The molecule has 1 unspecified atom stereocenters. The first-order valence-corrected chi connectivity index (χ1v) is 5.27. The largest absolute Gasteiger partial charge is 0.392 e. The lowest BCUT2D eigenvalue weighted by atomic mass is 10.1. The summed E-state index contributed by atoms with van der Waals surface area (Å²) in [6, 6.07) is 8.04. The Kier molecular flexibility index (Phi) is 4.82. The Hall–Kier alpha value is -0.830. The van der Waals surface area contributed by atoms with E-state index >= 15 is 0 Å². The highest BCUT2D eigenvalue weighted by Gasteiger charge is 2.04. The van der Waals surface area contributed by atoms with E-state index in [2.05, 4.69) is 18.8 Å². The fourth-order valence-electron chi connectivity index (χ4n) is 1.34. The molecule has 0 saturated heterocycles. The molecule has 0 radical (unpaired) electrons. The average Bonchev–Trinajstić information content (AvgIpc) is 2.26. The molecule has 0 amide bonds. The standard InChI is InChI=1S/C12H16ClNO/c1-9(13)7-14-10(2)12-5-3-4-11(6-12)8-15/h3-6,10,14-15H,1,7-8H2,2H3. The second kappa shape index (κ2) is 5.91. The van der Waals surface area contributed by atoms with Gasteiger partial charge in [0.2, 0.25) is 0 Å². The number of halogens is 1. The van der Waals surface area contributed by atoms with Crippen molar-refractivity contribution in [3.63, 3.8) is 0 Å². The van der Waals surface area contributed by atoms with E-state index in [1.807, 2.05) is 24.3 Å². The van der Waals surface area contributed by atoms with E-state index in [-0.39, 0.29) is 12.6 Å². The van der Waals surface area contributed by atoms with Crippen LogP contribution in [0.4, 0.5) is 0 Å². The number of aliphatic hydroxyl groups excluding tert-OH is 1. The molecule has 0 saturated carbocycles. The smallest absolute Gasteiger partial charge is 0.0681 e. The van der Waals surface area contributed by atoms with Gasteiger partial charge in [0.25, 0.3) is 0 Å². The molecule has 1 aromatic carbocycles. The Morgan fingerprint density at radius 2 is 2.33 bits per heavy atom. The Morgan fingerprint density at radius 3 is 2.93 bits per heavy atom. The lowest BCUT2D eigenvalue weighted by Crippen LogP contribution is -2.19. The first-order valence-electron chi connectivity index (χ1n) is 4.90. The summed E-state index contributed by atoms with van der Waals surface area (Å²) in [4.78, 5) is 0. The quantitative estimate of drug-likeness (QED) is 0.808. The van der Waals surface area contributed by atoms with Gasteiger partial charge in [-0.1, -0.05) is 42.4 Å². The first-order chi connectivity index (χ1) is 7.13. The summed E-state index contributed by atoms with van der Waals surface area (Å²) in [5.74, 6) is 0. The summed E-state index contributed by atoms with van der Waals surface area (Å²) in [5, 5.41) is 12.8. The fourth-order valence-corrected chi connectivity index (χ4v) is 1.42. The monoisotopic (exact) mass is 225 g/mol. The van der Waals surface area contributed by atoms with Crippen molar-refractivity contribution in [1.82, 2.24) is 5.32 Å². The zero-order chi connectivity index (χ0) is 11.3. The van der Waals surface area contributed by atoms with Gasteiger partial charge in [0.1, 0.15) is 0 Å². The van der Waals surface area contributed by atoms with Gasteiger partial charge < -0.3 is 10.4 Å². The number of nitrogens with one attached hydrogen (secondary N) is 1. The maximum Gasteiger partial charge on any atom is 0.0681 e. The summed E-state index contributed by atoms with van der Waals surface area (Å²) in [5.41, 5.74) is 2.06. The van der Waals surface area contributed by atoms with Gasteiger partial charge in [-0.25, -0.2) is 0 Å². The second-order valence-corrected chi connectivity index (χ2v) is 4.06. The first kappa shape index (κ1) is 12.2. The van der Waals surface area contributed by atoms with Crippen LogP contribution < -0.4 is 5.32 Å². The summed E-state index contributed by atoms with van der Waals surface area (Å²) in [7, 11) is 0. The fraction of sp³-hybridized carbons (Fsp3) is 0.333. The van der Waals surface area contributed by atoms with Crippen LogP contribution >= 0.6 is 11.6 Å². The topological polar surface area (TPSA) is 32.3 Å². The molecular formula is C12H16ClNO. The average molecular weight is 226 g/mol. The molecule has 2 nitrogen and oxygen atoms in total. The van der Waals surface area contributed by atoms with E-state index in [0.717, 1.165) is 11.1 Å². The molecule has 0 aliphatic carbocycles. The van der Waals surface area contributed by atoms with Gasteiger partial charge >= 0.3 is 0 Å². The van der Waals surface area contributed by atoms with Crippen LogP contribution in [0.15, 0.2) is 35.9 Å². The molecular weight excluding hydrogens is 210 g/mol. The van der Waals surface area contributed by atoms with Gasteiger partial charge in [0.15, 0.2) is 0 Å².